The molecule has 1 aliphatic carbocycles. The van der Waals surface area contributed by atoms with Gasteiger partial charge in [-0.15, -0.1) is 0 Å². The number of ether oxygens (including phenoxy) is 4. The number of likely N-dealkylation sites (tertiary alicyclic amines) is 1. The van der Waals surface area contributed by atoms with Crippen molar-refractivity contribution in [2.45, 2.75) is 76.0 Å². The molecule has 1 spiro atoms. The van der Waals surface area contributed by atoms with Crippen LogP contribution >= 0.6 is 0 Å². The number of rotatable bonds is 7. The fourth-order valence-corrected chi connectivity index (χ4v) is 5.94. The van der Waals surface area contributed by atoms with E-state index in [0.29, 0.717) is 19.0 Å². The van der Waals surface area contributed by atoms with Crippen LogP contribution in [0.3, 0.4) is 0 Å². The van der Waals surface area contributed by atoms with Crippen molar-refractivity contribution < 1.29 is 23.7 Å². The van der Waals surface area contributed by atoms with Gasteiger partial charge >= 0.3 is 6.09 Å². The maximum atomic E-state index is 12.9. The fourth-order valence-electron chi connectivity index (χ4n) is 5.94. The van der Waals surface area contributed by atoms with Crippen molar-refractivity contribution in [3.8, 4) is 0 Å². The molecule has 4 aliphatic rings. The van der Waals surface area contributed by atoms with E-state index >= 15 is 0 Å². The van der Waals surface area contributed by atoms with E-state index in [4.69, 9.17) is 18.9 Å². The van der Waals surface area contributed by atoms with Crippen molar-refractivity contribution in [2.24, 2.45) is 11.8 Å². The zero-order chi connectivity index (χ0) is 23.2. The number of methoxy groups -OCH3 is 1. The van der Waals surface area contributed by atoms with Crippen molar-refractivity contribution in [2.75, 3.05) is 26.8 Å². The zero-order valence-electron chi connectivity index (χ0n) is 20.2. The molecule has 3 aliphatic heterocycles. The van der Waals surface area contributed by atoms with Gasteiger partial charge in [-0.3, -0.25) is 4.98 Å². The largest absolute Gasteiger partial charge is 0.443 e. The van der Waals surface area contributed by atoms with Gasteiger partial charge in [0.2, 0.25) is 0 Å². The molecule has 1 amide bonds. The lowest BCUT2D eigenvalue weighted by Crippen LogP contribution is -2.57. The smallest absolute Gasteiger partial charge is 0.410 e. The number of epoxide rings is 2. The van der Waals surface area contributed by atoms with Gasteiger partial charge in [0.1, 0.15) is 23.4 Å². The molecule has 4 fully saturated rings. The van der Waals surface area contributed by atoms with E-state index in [2.05, 4.69) is 31.8 Å². The van der Waals surface area contributed by atoms with Crippen LogP contribution in [0.15, 0.2) is 36.0 Å². The molecule has 180 valence electrons. The molecule has 0 N–H and O–H groups in total. The van der Waals surface area contributed by atoms with E-state index in [1.807, 2.05) is 24.4 Å². The van der Waals surface area contributed by atoms with Crippen LogP contribution in [0, 0.1) is 11.8 Å². The van der Waals surface area contributed by atoms with Crippen LogP contribution in [-0.2, 0) is 25.4 Å². The van der Waals surface area contributed by atoms with Gasteiger partial charge in [-0.2, -0.15) is 0 Å². The van der Waals surface area contributed by atoms with E-state index in [9.17, 15) is 4.79 Å². The Morgan fingerprint density at radius 2 is 2.12 bits per heavy atom. The molecule has 5 rings (SSSR count). The maximum absolute atomic E-state index is 12.9. The lowest BCUT2D eigenvalue weighted by atomic mass is 9.68. The topological polar surface area (TPSA) is 76.7 Å². The molecule has 1 saturated carbocycles. The van der Waals surface area contributed by atoms with Crippen LogP contribution in [0.5, 0.6) is 0 Å². The average molecular weight is 457 g/mol. The lowest BCUT2D eigenvalue weighted by molar-refractivity contribution is -0.124. The third kappa shape index (κ3) is 4.43. The summed E-state index contributed by atoms with van der Waals surface area (Å²) in [6.45, 7) is 8.53. The lowest BCUT2D eigenvalue weighted by Gasteiger charge is -2.44. The van der Waals surface area contributed by atoms with E-state index in [0.717, 1.165) is 38.0 Å². The Kier molecular flexibility index (Phi) is 6.00. The van der Waals surface area contributed by atoms with Crippen LogP contribution in [0.25, 0.3) is 0 Å². The number of hydrogen-bond acceptors (Lipinski definition) is 6. The molecule has 1 aromatic heterocycles. The summed E-state index contributed by atoms with van der Waals surface area (Å²) in [7, 11) is 1.71. The molecule has 0 unspecified atom stereocenters. The second-order valence-electron chi connectivity index (χ2n) is 10.6. The van der Waals surface area contributed by atoms with Gasteiger partial charge in [0.15, 0.2) is 0 Å². The summed E-state index contributed by atoms with van der Waals surface area (Å²) < 4.78 is 24.3. The van der Waals surface area contributed by atoms with Gasteiger partial charge in [-0.25, -0.2) is 4.79 Å². The van der Waals surface area contributed by atoms with E-state index in [-0.39, 0.29) is 41.5 Å². The number of carbonyl (C=O) groups excluding carboxylic acids is 1. The number of hydrogen-bond donors (Lipinski definition) is 0. The summed E-state index contributed by atoms with van der Waals surface area (Å²) in [5.74, 6) is 0.480. The Labute approximate surface area is 196 Å². The maximum Gasteiger partial charge on any atom is 0.410 e. The van der Waals surface area contributed by atoms with Gasteiger partial charge in [0.25, 0.3) is 0 Å². The van der Waals surface area contributed by atoms with E-state index in [1.165, 1.54) is 5.57 Å². The van der Waals surface area contributed by atoms with Crippen LogP contribution < -0.4 is 0 Å². The van der Waals surface area contributed by atoms with Crippen molar-refractivity contribution in [3.05, 3.63) is 41.7 Å². The van der Waals surface area contributed by atoms with Crippen molar-refractivity contribution in [1.82, 2.24) is 9.88 Å². The molecule has 33 heavy (non-hydrogen) atoms. The highest BCUT2D eigenvalue weighted by Crippen LogP contribution is 2.59. The summed E-state index contributed by atoms with van der Waals surface area (Å²) in [5.41, 5.74) is 1.83. The van der Waals surface area contributed by atoms with Crippen molar-refractivity contribution in [1.29, 1.82) is 0 Å². The van der Waals surface area contributed by atoms with Gasteiger partial charge in [-0.05, 0) is 64.5 Å². The minimum Gasteiger partial charge on any atom is -0.443 e. The Balaban J connectivity index is 1.20. The van der Waals surface area contributed by atoms with Crippen LogP contribution in [0.1, 0.15) is 45.7 Å². The molecule has 0 radical (unpaired) electrons. The number of amides is 1. The minimum atomic E-state index is -0.321. The van der Waals surface area contributed by atoms with Crippen molar-refractivity contribution >= 4 is 6.09 Å². The summed E-state index contributed by atoms with van der Waals surface area (Å²) in [6, 6.07) is 5.96. The molecule has 6 atom stereocenters. The number of allylic oxidation sites excluding steroid dienone is 1. The number of nitrogens with zero attached hydrogens (tertiary/aromatic N) is 2. The first-order valence-electron chi connectivity index (χ1n) is 12.2. The van der Waals surface area contributed by atoms with Gasteiger partial charge < -0.3 is 23.8 Å². The van der Waals surface area contributed by atoms with Crippen LogP contribution in [0.4, 0.5) is 4.79 Å². The third-order valence-corrected chi connectivity index (χ3v) is 7.93. The zero-order valence-corrected chi connectivity index (χ0v) is 20.2. The normalized spacial score (nSPS) is 37.4. The standard InChI is InChI=1S/C26H36N2O5/c1-17(2)8-9-21-25(3,33-21)23-22(30-4)20(10-11-26(23)16-31-26)32-24(29)28-14-18(15-28)13-19-7-5-6-12-27-19/h5-8,12,18,20-23H,9-11,13-16H2,1-4H3/t20-,21-,22-,23-,25+,26+/m1/s1. The summed E-state index contributed by atoms with van der Waals surface area (Å²) in [4.78, 5) is 19.1. The molecule has 7 nitrogen and oxygen atoms in total. The van der Waals surface area contributed by atoms with Crippen molar-refractivity contribution in [3.63, 3.8) is 0 Å². The number of aromatic nitrogens is 1. The molecule has 0 bridgehead atoms. The summed E-state index contributed by atoms with van der Waals surface area (Å²) in [6.07, 6.45) is 6.81. The molecular weight excluding hydrogens is 420 g/mol. The second kappa shape index (κ2) is 8.67. The fraction of sp³-hybridized carbons (Fsp3) is 0.692. The quantitative estimate of drug-likeness (QED) is 0.459. The van der Waals surface area contributed by atoms with Gasteiger partial charge in [-0.1, -0.05) is 17.7 Å². The molecule has 1 aromatic rings. The summed E-state index contributed by atoms with van der Waals surface area (Å²) >= 11 is 0. The highest BCUT2D eigenvalue weighted by Gasteiger charge is 2.72. The Hall–Kier alpha value is -1.96. The number of pyridine rings is 1. The number of carbonyl (C=O) groups is 1. The highest BCUT2D eigenvalue weighted by atomic mass is 16.6. The van der Waals surface area contributed by atoms with Crippen LogP contribution in [-0.4, -0.2) is 72.3 Å². The first-order valence-corrected chi connectivity index (χ1v) is 12.2. The van der Waals surface area contributed by atoms with Gasteiger partial charge in [0.05, 0.1) is 18.6 Å². The predicted molar refractivity (Wildman–Crippen MR) is 123 cm³/mol. The van der Waals surface area contributed by atoms with Crippen LogP contribution in [0.2, 0.25) is 0 Å². The molecule has 0 aromatic carbocycles. The predicted octanol–water partition coefficient (Wildman–Crippen LogP) is 3.77. The van der Waals surface area contributed by atoms with E-state index in [1.54, 1.807) is 12.0 Å². The van der Waals surface area contributed by atoms with Gasteiger partial charge in [0, 0.05) is 32.1 Å². The second-order valence-corrected chi connectivity index (χ2v) is 10.6. The third-order valence-electron chi connectivity index (χ3n) is 7.93. The Morgan fingerprint density at radius 1 is 1.33 bits per heavy atom. The SMILES string of the molecule is CO[C@@H]1[C@H](OC(=O)N2CC(Cc3ccccn3)C2)CC[C@]2(CO2)[C@H]1[C@@]1(C)O[C@@H]1CC=C(C)C. The molecule has 4 heterocycles. The molecular formula is C26H36N2O5. The molecule has 7 heteroatoms. The Morgan fingerprint density at radius 3 is 2.76 bits per heavy atom. The Bertz CT molecular complexity index is 891. The average Bonchev–Trinajstić information content (AvgIpc) is 3.68. The highest BCUT2D eigenvalue weighted by molar-refractivity contribution is 5.69. The minimum absolute atomic E-state index is 0.0467. The van der Waals surface area contributed by atoms with E-state index < -0.39 is 0 Å². The monoisotopic (exact) mass is 456 g/mol. The summed E-state index contributed by atoms with van der Waals surface area (Å²) in [5, 5.41) is 0. The first kappa shape index (κ1) is 22.8. The molecule has 3 saturated heterocycles. The first-order chi connectivity index (χ1) is 15.8.